The number of aryl methyl sites for hydroxylation is 1. The van der Waals surface area contributed by atoms with Gasteiger partial charge in [0.1, 0.15) is 5.82 Å². The van der Waals surface area contributed by atoms with Crippen LogP contribution >= 0.6 is 0 Å². The summed E-state index contributed by atoms with van der Waals surface area (Å²) in [5.74, 6) is -2.41. The lowest BCUT2D eigenvalue weighted by molar-refractivity contribution is -0.385. The van der Waals surface area contributed by atoms with Gasteiger partial charge < -0.3 is 10.6 Å². The molecule has 0 heterocycles. The molecule has 7 nitrogen and oxygen atoms in total. The van der Waals surface area contributed by atoms with Gasteiger partial charge in [0.25, 0.3) is 11.6 Å². The van der Waals surface area contributed by atoms with Crippen molar-refractivity contribution in [2.45, 2.75) is 26.8 Å². The number of nitro groups is 1. The molecule has 0 saturated heterocycles. The Morgan fingerprint density at radius 3 is 2.43 bits per heavy atom. The largest absolute Gasteiger partial charge is 0.368 e. The van der Waals surface area contributed by atoms with Crippen LogP contribution in [0.15, 0.2) is 12.1 Å². The van der Waals surface area contributed by atoms with E-state index >= 15 is 0 Å². The van der Waals surface area contributed by atoms with E-state index in [2.05, 4.69) is 0 Å². The second-order valence-corrected chi connectivity index (χ2v) is 4.87. The molecule has 0 saturated carbocycles. The number of amides is 2. The van der Waals surface area contributed by atoms with Gasteiger partial charge in [0.15, 0.2) is 0 Å². The number of nitro benzene ring substituents is 1. The molecule has 0 aliphatic heterocycles. The molecule has 0 aliphatic carbocycles. The number of hydrogen-bond donors (Lipinski definition) is 1. The van der Waals surface area contributed by atoms with E-state index in [4.69, 9.17) is 5.73 Å². The van der Waals surface area contributed by atoms with Crippen LogP contribution in [0.2, 0.25) is 0 Å². The fraction of sp³-hybridized carbons (Fsp3) is 0.385. The van der Waals surface area contributed by atoms with Gasteiger partial charge in [-0.2, -0.15) is 0 Å². The molecule has 114 valence electrons. The van der Waals surface area contributed by atoms with E-state index in [9.17, 15) is 24.1 Å². The first-order chi connectivity index (χ1) is 9.65. The summed E-state index contributed by atoms with van der Waals surface area (Å²) < 4.78 is 14.1. The maximum absolute atomic E-state index is 14.1. The summed E-state index contributed by atoms with van der Waals surface area (Å²) in [5.41, 5.74) is 4.20. The molecule has 0 atom stereocenters. The molecule has 1 aromatic carbocycles. The molecule has 0 aromatic heterocycles. The number of carbonyl (C=O) groups is 2. The van der Waals surface area contributed by atoms with Crippen LogP contribution in [0, 0.1) is 22.9 Å². The number of non-ortho nitro benzene ring substituents is 1. The third-order valence-electron chi connectivity index (χ3n) is 2.89. The minimum Gasteiger partial charge on any atom is -0.368 e. The first kappa shape index (κ1) is 16.5. The van der Waals surface area contributed by atoms with Crippen LogP contribution in [-0.2, 0) is 4.79 Å². The van der Waals surface area contributed by atoms with Gasteiger partial charge in [-0.15, -0.1) is 0 Å². The molecule has 0 fully saturated rings. The van der Waals surface area contributed by atoms with Crippen molar-refractivity contribution in [3.05, 3.63) is 39.2 Å². The zero-order chi connectivity index (χ0) is 16.3. The van der Waals surface area contributed by atoms with E-state index in [1.54, 1.807) is 13.8 Å². The molecule has 21 heavy (non-hydrogen) atoms. The molecule has 0 bridgehead atoms. The molecule has 0 spiro atoms. The lowest BCUT2D eigenvalue weighted by Crippen LogP contribution is -2.43. The third kappa shape index (κ3) is 3.74. The Balaban J connectivity index is 3.33. The Morgan fingerprint density at radius 2 is 2.00 bits per heavy atom. The number of primary amides is 1. The zero-order valence-corrected chi connectivity index (χ0v) is 11.9. The molecule has 8 heteroatoms. The Labute approximate surface area is 120 Å². The van der Waals surface area contributed by atoms with Gasteiger partial charge in [0, 0.05) is 18.2 Å². The quantitative estimate of drug-likeness (QED) is 0.654. The van der Waals surface area contributed by atoms with E-state index in [0.717, 1.165) is 17.0 Å². The van der Waals surface area contributed by atoms with E-state index in [1.165, 1.54) is 6.92 Å². The Hall–Kier alpha value is -2.51. The van der Waals surface area contributed by atoms with E-state index in [1.807, 2.05) is 0 Å². The van der Waals surface area contributed by atoms with Crippen LogP contribution < -0.4 is 5.73 Å². The topological polar surface area (TPSA) is 107 Å². The zero-order valence-electron chi connectivity index (χ0n) is 11.9. The van der Waals surface area contributed by atoms with Crippen molar-refractivity contribution in [2.24, 2.45) is 5.73 Å². The number of benzene rings is 1. The van der Waals surface area contributed by atoms with Crippen LogP contribution in [0.4, 0.5) is 10.1 Å². The average Bonchev–Trinajstić information content (AvgIpc) is 2.37. The summed E-state index contributed by atoms with van der Waals surface area (Å²) in [6, 6.07) is 1.49. The molecule has 0 aliphatic rings. The fourth-order valence-electron chi connectivity index (χ4n) is 1.82. The van der Waals surface area contributed by atoms with Gasteiger partial charge in [0.2, 0.25) is 5.91 Å². The standard InChI is InChI=1S/C13H16FN3O4/c1-7(2)16(6-11(15)18)13(19)10-5-9(17(20)21)4-8(3)12(10)14/h4-5,7H,6H2,1-3H3,(H2,15,18). The fourth-order valence-corrected chi connectivity index (χ4v) is 1.82. The number of halogens is 1. The molecule has 0 radical (unpaired) electrons. The first-order valence-electron chi connectivity index (χ1n) is 6.19. The smallest absolute Gasteiger partial charge is 0.270 e. The maximum atomic E-state index is 14.1. The number of hydrogen-bond acceptors (Lipinski definition) is 4. The average molecular weight is 297 g/mol. The van der Waals surface area contributed by atoms with Crippen molar-refractivity contribution < 1.29 is 18.9 Å². The van der Waals surface area contributed by atoms with Gasteiger partial charge in [-0.1, -0.05) is 0 Å². The second kappa shape index (κ2) is 6.29. The van der Waals surface area contributed by atoms with Crippen molar-refractivity contribution in [3.8, 4) is 0 Å². The van der Waals surface area contributed by atoms with Crippen molar-refractivity contribution in [1.29, 1.82) is 0 Å². The van der Waals surface area contributed by atoms with E-state index in [0.29, 0.717) is 0 Å². The monoisotopic (exact) mass is 297 g/mol. The number of nitrogens with two attached hydrogens (primary N) is 1. The van der Waals surface area contributed by atoms with Crippen molar-refractivity contribution in [1.82, 2.24) is 4.90 Å². The lowest BCUT2D eigenvalue weighted by atomic mass is 10.1. The minimum absolute atomic E-state index is 0.0182. The molecule has 1 aromatic rings. The predicted octanol–water partition coefficient (Wildman–Crippen LogP) is 1.38. The molecule has 0 unspecified atom stereocenters. The summed E-state index contributed by atoms with van der Waals surface area (Å²) in [7, 11) is 0. The highest BCUT2D eigenvalue weighted by molar-refractivity contribution is 5.97. The normalized spacial score (nSPS) is 10.5. The molecule has 1 rings (SSSR count). The summed E-state index contributed by atoms with van der Waals surface area (Å²) in [5, 5.41) is 10.8. The van der Waals surface area contributed by atoms with Crippen molar-refractivity contribution in [3.63, 3.8) is 0 Å². The van der Waals surface area contributed by atoms with Gasteiger partial charge in [-0.05, 0) is 26.3 Å². The highest BCUT2D eigenvalue weighted by Crippen LogP contribution is 2.22. The molecular formula is C13H16FN3O4. The summed E-state index contributed by atoms with van der Waals surface area (Å²) >= 11 is 0. The lowest BCUT2D eigenvalue weighted by Gasteiger charge is -2.25. The Bertz CT molecular complexity index is 601. The number of nitrogens with zero attached hydrogens (tertiary/aromatic N) is 2. The van der Waals surface area contributed by atoms with Crippen LogP contribution in [0.3, 0.4) is 0 Å². The van der Waals surface area contributed by atoms with Crippen LogP contribution in [0.5, 0.6) is 0 Å². The van der Waals surface area contributed by atoms with Gasteiger partial charge in [-0.25, -0.2) is 4.39 Å². The van der Waals surface area contributed by atoms with Crippen LogP contribution in [0.25, 0.3) is 0 Å². The van der Waals surface area contributed by atoms with E-state index < -0.39 is 40.7 Å². The van der Waals surface area contributed by atoms with Crippen LogP contribution in [0.1, 0.15) is 29.8 Å². The first-order valence-corrected chi connectivity index (χ1v) is 6.19. The van der Waals surface area contributed by atoms with E-state index in [-0.39, 0.29) is 11.3 Å². The Kier molecular flexibility index (Phi) is 4.96. The van der Waals surface area contributed by atoms with Gasteiger partial charge >= 0.3 is 0 Å². The summed E-state index contributed by atoms with van der Waals surface area (Å²) in [6.07, 6.45) is 0. The minimum atomic E-state index is -0.847. The maximum Gasteiger partial charge on any atom is 0.270 e. The second-order valence-electron chi connectivity index (χ2n) is 4.87. The predicted molar refractivity (Wildman–Crippen MR) is 73.2 cm³/mol. The van der Waals surface area contributed by atoms with Gasteiger partial charge in [0.05, 0.1) is 17.0 Å². The number of rotatable bonds is 5. The summed E-state index contributed by atoms with van der Waals surface area (Å²) in [4.78, 5) is 34.5. The highest BCUT2D eigenvalue weighted by atomic mass is 19.1. The molecule has 2 amide bonds. The SMILES string of the molecule is Cc1cc([N+](=O)[O-])cc(C(=O)N(CC(N)=O)C(C)C)c1F. The molecular weight excluding hydrogens is 281 g/mol. The van der Waals surface area contributed by atoms with Gasteiger partial charge in [-0.3, -0.25) is 19.7 Å². The molecule has 2 N–H and O–H groups in total. The van der Waals surface area contributed by atoms with Crippen molar-refractivity contribution >= 4 is 17.5 Å². The highest BCUT2D eigenvalue weighted by Gasteiger charge is 2.26. The summed E-state index contributed by atoms with van der Waals surface area (Å²) in [6.45, 7) is 4.19. The Morgan fingerprint density at radius 1 is 1.43 bits per heavy atom. The third-order valence-corrected chi connectivity index (χ3v) is 2.89. The van der Waals surface area contributed by atoms with Crippen molar-refractivity contribution in [2.75, 3.05) is 6.54 Å². The number of carbonyl (C=O) groups excluding carboxylic acids is 2. The van der Waals surface area contributed by atoms with Crippen LogP contribution in [-0.4, -0.2) is 34.2 Å².